The van der Waals surface area contributed by atoms with Gasteiger partial charge in [0.25, 0.3) is 0 Å². The minimum Gasteiger partial charge on any atom is -0.494 e. The molecule has 116 valence electrons. The van der Waals surface area contributed by atoms with E-state index in [-0.39, 0.29) is 11.9 Å². The summed E-state index contributed by atoms with van der Waals surface area (Å²) in [6.07, 6.45) is 1.06. The van der Waals surface area contributed by atoms with Crippen LogP contribution in [0.3, 0.4) is 0 Å². The Hall–Kier alpha value is -1.45. The minimum absolute atomic E-state index is 0.120. The molecule has 1 amide bonds. The molecule has 0 radical (unpaired) electrons. The minimum atomic E-state index is -3.39. The van der Waals surface area contributed by atoms with Gasteiger partial charge in [-0.05, 0) is 12.1 Å². The number of carbonyl (C=O) groups is 1. The molecule has 2 rings (SSSR count). The van der Waals surface area contributed by atoms with Crippen LogP contribution < -0.4 is 20.1 Å². The van der Waals surface area contributed by atoms with Crippen LogP contribution in [-0.2, 0) is 14.8 Å². The van der Waals surface area contributed by atoms with Crippen LogP contribution >= 0.6 is 11.8 Å². The lowest BCUT2D eigenvalue weighted by atomic mass is 10.2. The Morgan fingerprint density at radius 1 is 1.48 bits per heavy atom. The number of thioether (sulfide) groups is 1. The molecule has 7 nitrogen and oxygen atoms in total. The molecule has 1 atom stereocenters. The van der Waals surface area contributed by atoms with E-state index in [4.69, 9.17) is 4.74 Å². The Kier molecular flexibility index (Phi) is 4.96. The molecule has 1 saturated heterocycles. The average molecular weight is 331 g/mol. The third-order valence-corrected chi connectivity index (χ3v) is 4.33. The molecule has 1 heterocycles. The highest BCUT2D eigenvalue weighted by atomic mass is 32.2. The molecule has 0 aliphatic carbocycles. The molecular formula is C12H17N3O4S2. The topological polar surface area (TPSA) is 96.5 Å². The van der Waals surface area contributed by atoms with E-state index in [2.05, 4.69) is 15.4 Å². The molecular weight excluding hydrogens is 314 g/mol. The van der Waals surface area contributed by atoms with Gasteiger partial charge in [0.2, 0.25) is 15.9 Å². The van der Waals surface area contributed by atoms with E-state index < -0.39 is 10.0 Å². The maximum atomic E-state index is 12.0. The summed E-state index contributed by atoms with van der Waals surface area (Å²) in [5, 5.41) is 5.85. The molecule has 1 fully saturated rings. The van der Waals surface area contributed by atoms with Crippen molar-refractivity contribution in [1.82, 2.24) is 5.32 Å². The Morgan fingerprint density at radius 2 is 2.24 bits per heavy atom. The van der Waals surface area contributed by atoms with Gasteiger partial charge in [0.1, 0.15) is 5.75 Å². The number of amides is 1. The van der Waals surface area contributed by atoms with Gasteiger partial charge in [0, 0.05) is 23.4 Å². The predicted octanol–water partition coefficient (Wildman–Crippen LogP) is 0.668. The molecule has 3 N–H and O–H groups in total. The maximum Gasteiger partial charge on any atom is 0.242 e. The normalized spacial score (nSPS) is 18.3. The molecule has 0 bridgehead atoms. The van der Waals surface area contributed by atoms with Crippen LogP contribution in [0.2, 0.25) is 0 Å². The summed E-state index contributed by atoms with van der Waals surface area (Å²) in [4.78, 5) is 12.0. The van der Waals surface area contributed by atoms with E-state index in [1.165, 1.54) is 7.11 Å². The van der Waals surface area contributed by atoms with Gasteiger partial charge in [-0.15, -0.1) is 11.8 Å². The van der Waals surface area contributed by atoms with Gasteiger partial charge in [-0.25, -0.2) is 8.42 Å². The fourth-order valence-electron chi connectivity index (χ4n) is 1.85. The number of hydrogen-bond donors (Lipinski definition) is 3. The molecule has 0 aromatic heterocycles. The molecule has 21 heavy (non-hydrogen) atoms. The zero-order chi connectivity index (χ0) is 15.5. The van der Waals surface area contributed by atoms with E-state index in [0.717, 1.165) is 17.9 Å². The lowest BCUT2D eigenvalue weighted by Gasteiger charge is -2.14. The second-order valence-electron chi connectivity index (χ2n) is 4.55. The summed E-state index contributed by atoms with van der Waals surface area (Å²) in [6, 6.07) is 4.53. The van der Waals surface area contributed by atoms with Crippen molar-refractivity contribution >= 4 is 39.1 Å². The molecule has 1 aromatic carbocycles. The second-order valence-corrected chi connectivity index (χ2v) is 7.33. The molecule has 1 unspecified atom stereocenters. The number of carbonyl (C=O) groups excluding carboxylic acids is 1. The maximum absolute atomic E-state index is 12.0. The Labute approximate surface area is 127 Å². The van der Waals surface area contributed by atoms with Gasteiger partial charge >= 0.3 is 0 Å². The second kappa shape index (κ2) is 6.54. The van der Waals surface area contributed by atoms with Crippen LogP contribution in [0, 0.1) is 0 Å². The predicted molar refractivity (Wildman–Crippen MR) is 84.3 cm³/mol. The lowest BCUT2D eigenvalue weighted by Crippen LogP contribution is -2.37. The van der Waals surface area contributed by atoms with Gasteiger partial charge < -0.3 is 10.1 Å². The monoisotopic (exact) mass is 331 g/mol. The van der Waals surface area contributed by atoms with E-state index in [1.807, 2.05) is 0 Å². The number of nitrogens with one attached hydrogen (secondary N) is 3. The average Bonchev–Trinajstić information content (AvgIpc) is 2.93. The summed E-state index contributed by atoms with van der Waals surface area (Å²) in [7, 11) is -1.95. The van der Waals surface area contributed by atoms with Gasteiger partial charge in [0.15, 0.2) is 0 Å². The van der Waals surface area contributed by atoms with Crippen LogP contribution in [0.1, 0.15) is 0 Å². The van der Waals surface area contributed by atoms with E-state index >= 15 is 0 Å². The first-order chi connectivity index (χ1) is 9.89. The number of sulfonamides is 1. The van der Waals surface area contributed by atoms with Crippen molar-refractivity contribution in [2.45, 2.75) is 6.04 Å². The summed E-state index contributed by atoms with van der Waals surface area (Å²) in [6.45, 7) is 0. The number of hydrogen-bond acceptors (Lipinski definition) is 6. The SMILES string of the molecule is COc1cc(NC(=O)C2CSCN2)ccc1NS(C)(=O)=O. The third kappa shape index (κ3) is 4.51. The number of benzene rings is 1. The summed E-state index contributed by atoms with van der Waals surface area (Å²) in [5.41, 5.74) is 0.877. The summed E-state index contributed by atoms with van der Waals surface area (Å²) < 4.78 is 30.0. The largest absolute Gasteiger partial charge is 0.494 e. The van der Waals surface area contributed by atoms with Crippen molar-refractivity contribution in [3.63, 3.8) is 0 Å². The molecule has 0 spiro atoms. The van der Waals surface area contributed by atoms with Crippen molar-refractivity contribution in [2.24, 2.45) is 0 Å². The van der Waals surface area contributed by atoms with Gasteiger partial charge in [-0.3, -0.25) is 14.8 Å². The smallest absolute Gasteiger partial charge is 0.242 e. The lowest BCUT2D eigenvalue weighted by molar-refractivity contribution is -0.117. The van der Waals surface area contributed by atoms with Crippen molar-refractivity contribution in [1.29, 1.82) is 0 Å². The molecule has 0 saturated carbocycles. The number of anilines is 2. The van der Waals surface area contributed by atoms with Crippen LogP contribution in [-0.4, -0.2) is 45.4 Å². The highest BCUT2D eigenvalue weighted by molar-refractivity contribution is 7.99. The van der Waals surface area contributed by atoms with Crippen LogP contribution in [0.25, 0.3) is 0 Å². The molecule has 1 aliphatic heterocycles. The molecule has 1 aliphatic rings. The number of methoxy groups -OCH3 is 1. The zero-order valence-electron chi connectivity index (χ0n) is 11.7. The fourth-order valence-corrected chi connectivity index (χ4v) is 3.36. The third-order valence-electron chi connectivity index (χ3n) is 2.80. The summed E-state index contributed by atoms with van der Waals surface area (Å²) in [5.74, 6) is 1.72. The van der Waals surface area contributed by atoms with Crippen molar-refractivity contribution < 1.29 is 17.9 Å². The highest BCUT2D eigenvalue weighted by Crippen LogP contribution is 2.28. The highest BCUT2D eigenvalue weighted by Gasteiger charge is 2.22. The quantitative estimate of drug-likeness (QED) is 0.734. The van der Waals surface area contributed by atoms with Crippen molar-refractivity contribution in [3.05, 3.63) is 18.2 Å². The Morgan fingerprint density at radius 3 is 2.81 bits per heavy atom. The zero-order valence-corrected chi connectivity index (χ0v) is 13.3. The first kappa shape index (κ1) is 15.9. The van der Waals surface area contributed by atoms with Crippen LogP contribution in [0.15, 0.2) is 18.2 Å². The van der Waals surface area contributed by atoms with E-state index in [9.17, 15) is 13.2 Å². The first-order valence-electron chi connectivity index (χ1n) is 6.17. The van der Waals surface area contributed by atoms with Crippen LogP contribution in [0.4, 0.5) is 11.4 Å². The molecule has 9 heteroatoms. The van der Waals surface area contributed by atoms with Gasteiger partial charge in [-0.1, -0.05) is 0 Å². The van der Waals surface area contributed by atoms with Crippen molar-refractivity contribution in [2.75, 3.05) is 35.0 Å². The fraction of sp³-hybridized carbons (Fsp3) is 0.417. The Balaban J connectivity index is 2.13. The number of rotatable bonds is 5. The van der Waals surface area contributed by atoms with E-state index in [0.29, 0.717) is 17.1 Å². The van der Waals surface area contributed by atoms with Gasteiger partial charge in [-0.2, -0.15) is 0 Å². The first-order valence-corrected chi connectivity index (χ1v) is 9.21. The van der Waals surface area contributed by atoms with E-state index in [1.54, 1.807) is 30.0 Å². The Bertz CT molecular complexity index is 627. The number of ether oxygens (including phenoxy) is 1. The van der Waals surface area contributed by atoms with Gasteiger partial charge in [0.05, 0.1) is 25.1 Å². The van der Waals surface area contributed by atoms with Crippen molar-refractivity contribution in [3.8, 4) is 5.75 Å². The molecule has 1 aromatic rings. The summed E-state index contributed by atoms with van der Waals surface area (Å²) >= 11 is 1.66. The standard InChI is InChI=1S/C12H17N3O4S2/c1-19-11-5-8(3-4-9(11)15-21(2,17)18)14-12(16)10-6-20-7-13-10/h3-5,10,13,15H,6-7H2,1-2H3,(H,14,16). The van der Waals surface area contributed by atoms with Crippen LogP contribution in [0.5, 0.6) is 5.75 Å².